The standard InChI is InChI=1S/C26H29FN4O2/c1-3-7-24-28-23-16-30(15-19-8-5-4-6-9-19)13-12-21(23)26(33)31(24)17-25(32)29-22-14-20(27)11-10-18(22)2/h4-6,8-11,14H,3,7,12-13,15-17H2,1-2H3,(H,29,32). The number of aryl methyl sites for hydroxylation is 2. The van der Waals surface area contributed by atoms with E-state index in [0.717, 1.165) is 30.8 Å². The van der Waals surface area contributed by atoms with Gasteiger partial charge in [0.2, 0.25) is 5.91 Å². The highest BCUT2D eigenvalue weighted by Gasteiger charge is 2.24. The number of anilines is 1. The summed E-state index contributed by atoms with van der Waals surface area (Å²) < 4.78 is 15.1. The smallest absolute Gasteiger partial charge is 0.257 e. The number of hydrogen-bond donors (Lipinski definition) is 1. The fourth-order valence-electron chi connectivity index (χ4n) is 4.25. The van der Waals surface area contributed by atoms with E-state index in [9.17, 15) is 14.0 Å². The normalized spacial score (nSPS) is 13.5. The minimum Gasteiger partial charge on any atom is -0.324 e. The monoisotopic (exact) mass is 448 g/mol. The van der Waals surface area contributed by atoms with E-state index in [1.165, 1.54) is 22.3 Å². The molecule has 0 atom stereocenters. The number of nitrogens with zero attached hydrogens (tertiary/aromatic N) is 3. The maximum absolute atomic E-state index is 13.6. The van der Waals surface area contributed by atoms with Gasteiger partial charge in [0.25, 0.3) is 5.56 Å². The third kappa shape index (κ3) is 5.37. The van der Waals surface area contributed by atoms with Crippen molar-refractivity contribution in [3.63, 3.8) is 0 Å². The maximum atomic E-state index is 13.6. The topological polar surface area (TPSA) is 67.2 Å². The highest BCUT2D eigenvalue weighted by Crippen LogP contribution is 2.19. The fourth-order valence-corrected chi connectivity index (χ4v) is 4.25. The van der Waals surface area contributed by atoms with Crippen LogP contribution in [-0.2, 0) is 37.3 Å². The van der Waals surface area contributed by atoms with Crippen molar-refractivity contribution in [2.75, 3.05) is 11.9 Å². The Hall–Kier alpha value is -3.32. The first kappa shape index (κ1) is 22.9. The molecule has 1 aliphatic heterocycles. The van der Waals surface area contributed by atoms with Crippen LogP contribution in [0.5, 0.6) is 0 Å². The molecule has 0 saturated heterocycles. The van der Waals surface area contributed by atoms with Crippen LogP contribution in [0.2, 0.25) is 0 Å². The third-order valence-electron chi connectivity index (χ3n) is 5.98. The number of rotatable bonds is 7. The lowest BCUT2D eigenvalue weighted by Gasteiger charge is -2.29. The Morgan fingerprint density at radius 1 is 1.18 bits per heavy atom. The van der Waals surface area contributed by atoms with Crippen LogP contribution in [0.1, 0.15) is 41.6 Å². The van der Waals surface area contributed by atoms with Gasteiger partial charge in [-0.05, 0) is 43.0 Å². The van der Waals surface area contributed by atoms with E-state index < -0.39 is 5.82 Å². The number of benzene rings is 2. The highest BCUT2D eigenvalue weighted by atomic mass is 19.1. The number of aromatic nitrogens is 2. The van der Waals surface area contributed by atoms with Crippen molar-refractivity contribution in [1.29, 1.82) is 0 Å². The van der Waals surface area contributed by atoms with Crippen LogP contribution < -0.4 is 10.9 Å². The summed E-state index contributed by atoms with van der Waals surface area (Å²) in [6.07, 6.45) is 2.02. The van der Waals surface area contributed by atoms with Gasteiger partial charge in [0, 0.05) is 37.3 Å². The number of halogens is 1. The molecule has 2 heterocycles. The van der Waals surface area contributed by atoms with Crippen molar-refractivity contribution in [3.8, 4) is 0 Å². The summed E-state index contributed by atoms with van der Waals surface area (Å²) in [7, 11) is 0. The second-order valence-electron chi connectivity index (χ2n) is 8.55. The Balaban J connectivity index is 1.56. The molecule has 172 valence electrons. The molecule has 0 spiro atoms. The van der Waals surface area contributed by atoms with Crippen LogP contribution in [0.25, 0.3) is 0 Å². The molecule has 3 aromatic rings. The van der Waals surface area contributed by atoms with Crippen LogP contribution in [-0.4, -0.2) is 26.9 Å². The molecule has 1 amide bonds. The predicted octanol–water partition coefficient (Wildman–Crippen LogP) is 3.84. The highest BCUT2D eigenvalue weighted by molar-refractivity contribution is 5.91. The summed E-state index contributed by atoms with van der Waals surface area (Å²) >= 11 is 0. The summed E-state index contributed by atoms with van der Waals surface area (Å²) in [5.74, 6) is -0.171. The van der Waals surface area contributed by atoms with Gasteiger partial charge in [0.05, 0.1) is 5.69 Å². The molecule has 0 bridgehead atoms. The number of carbonyl (C=O) groups excluding carboxylic acids is 1. The third-order valence-corrected chi connectivity index (χ3v) is 5.98. The zero-order valence-electron chi connectivity index (χ0n) is 19.1. The van der Waals surface area contributed by atoms with Crippen LogP contribution in [0.3, 0.4) is 0 Å². The molecule has 1 N–H and O–H groups in total. The summed E-state index contributed by atoms with van der Waals surface area (Å²) in [5.41, 5.74) is 3.75. The summed E-state index contributed by atoms with van der Waals surface area (Å²) in [6.45, 7) is 5.87. The van der Waals surface area contributed by atoms with Crippen molar-refractivity contribution < 1.29 is 9.18 Å². The summed E-state index contributed by atoms with van der Waals surface area (Å²) in [5, 5.41) is 2.74. The first-order chi connectivity index (χ1) is 15.9. The lowest BCUT2D eigenvalue weighted by atomic mass is 10.0. The minimum absolute atomic E-state index is 0.141. The van der Waals surface area contributed by atoms with Gasteiger partial charge in [-0.1, -0.05) is 43.3 Å². The van der Waals surface area contributed by atoms with E-state index in [1.807, 2.05) is 25.1 Å². The van der Waals surface area contributed by atoms with Crippen LogP contribution >= 0.6 is 0 Å². The molecule has 2 aromatic carbocycles. The molecule has 0 fully saturated rings. The predicted molar refractivity (Wildman–Crippen MR) is 127 cm³/mol. The lowest BCUT2D eigenvalue weighted by molar-refractivity contribution is -0.116. The molecule has 0 aliphatic carbocycles. The van der Waals surface area contributed by atoms with Crippen molar-refractivity contribution in [1.82, 2.24) is 14.5 Å². The van der Waals surface area contributed by atoms with Crippen molar-refractivity contribution >= 4 is 11.6 Å². The zero-order valence-corrected chi connectivity index (χ0v) is 19.1. The van der Waals surface area contributed by atoms with Gasteiger partial charge in [-0.25, -0.2) is 9.37 Å². The van der Waals surface area contributed by atoms with Gasteiger partial charge in [0.15, 0.2) is 0 Å². The molecule has 6 nitrogen and oxygen atoms in total. The molecular weight excluding hydrogens is 419 g/mol. The second kappa shape index (κ2) is 10.1. The van der Waals surface area contributed by atoms with E-state index in [-0.39, 0.29) is 18.0 Å². The van der Waals surface area contributed by atoms with E-state index >= 15 is 0 Å². The molecule has 0 saturated carbocycles. The lowest BCUT2D eigenvalue weighted by Crippen LogP contribution is -2.40. The van der Waals surface area contributed by atoms with E-state index in [2.05, 4.69) is 22.3 Å². The largest absolute Gasteiger partial charge is 0.324 e. The van der Waals surface area contributed by atoms with Gasteiger partial charge in [-0.3, -0.25) is 19.1 Å². The van der Waals surface area contributed by atoms with Crippen LogP contribution in [0.4, 0.5) is 10.1 Å². The number of fused-ring (bicyclic) bond motifs is 1. The Kier molecular flexibility index (Phi) is 6.99. The number of carbonyl (C=O) groups is 1. The number of hydrogen-bond acceptors (Lipinski definition) is 4. The van der Waals surface area contributed by atoms with Crippen molar-refractivity contribution in [2.45, 2.75) is 52.7 Å². The van der Waals surface area contributed by atoms with Gasteiger partial charge in [-0.2, -0.15) is 0 Å². The molecule has 4 rings (SSSR count). The zero-order chi connectivity index (χ0) is 23.4. The Labute approximate surface area is 193 Å². The SMILES string of the molecule is CCCc1nc2c(c(=O)n1CC(=O)Nc1cc(F)ccc1C)CCN(Cc1ccccc1)C2. The molecule has 0 unspecified atom stereocenters. The quantitative estimate of drug-likeness (QED) is 0.596. The van der Waals surface area contributed by atoms with Crippen LogP contribution in [0.15, 0.2) is 53.3 Å². The van der Waals surface area contributed by atoms with E-state index in [0.29, 0.717) is 36.5 Å². The molecular formula is C26H29FN4O2. The fraction of sp³-hybridized carbons (Fsp3) is 0.346. The van der Waals surface area contributed by atoms with Gasteiger partial charge in [-0.15, -0.1) is 0 Å². The summed E-state index contributed by atoms with van der Waals surface area (Å²) in [4.78, 5) is 33.2. The van der Waals surface area contributed by atoms with Gasteiger partial charge >= 0.3 is 0 Å². The summed E-state index contributed by atoms with van der Waals surface area (Å²) in [6, 6.07) is 14.5. The first-order valence-corrected chi connectivity index (χ1v) is 11.4. The number of amides is 1. The second-order valence-corrected chi connectivity index (χ2v) is 8.55. The average Bonchev–Trinajstić information content (AvgIpc) is 2.79. The molecule has 1 aromatic heterocycles. The van der Waals surface area contributed by atoms with Crippen molar-refractivity contribution in [2.24, 2.45) is 0 Å². The Morgan fingerprint density at radius 3 is 2.73 bits per heavy atom. The molecule has 33 heavy (non-hydrogen) atoms. The molecule has 7 heteroatoms. The van der Waals surface area contributed by atoms with Gasteiger partial charge < -0.3 is 5.32 Å². The average molecular weight is 449 g/mol. The van der Waals surface area contributed by atoms with Crippen LogP contribution in [0, 0.1) is 12.7 Å². The minimum atomic E-state index is -0.421. The van der Waals surface area contributed by atoms with Gasteiger partial charge in [0.1, 0.15) is 18.2 Å². The van der Waals surface area contributed by atoms with Crippen molar-refractivity contribution in [3.05, 3.63) is 92.9 Å². The molecule has 1 aliphatic rings. The Morgan fingerprint density at radius 2 is 1.97 bits per heavy atom. The number of nitrogens with one attached hydrogen (secondary N) is 1. The van der Waals surface area contributed by atoms with E-state index in [1.54, 1.807) is 13.0 Å². The maximum Gasteiger partial charge on any atom is 0.257 e. The molecule has 0 radical (unpaired) electrons. The Bertz CT molecular complexity index is 1210. The van der Waals surface area contributed by atoms with E-state index in [4.69, 9.17) is 4.98 Å². The first-order valence-electron chi connectivity index (χ1n) is 11.4.